The number of hydrogen-bond acceptors (Lipinski definition) is 7. The van der Waals surface area contributed by atoms with Gasteiger partial charge in [0.15, 0.2) is 11.7 Å². The van der Waals surface area contributed by atoms with Gasteiger partial charge in [0.1, 0.15) is 0 Å². The van der Waals surface area contributed by atoms with Crippen molar-refractivity contribution in [2.75, 3.05) is 18.5 Å². The van der Waals surface area contributed by atoms with Gasteiger partial charge >= 0.3 is 5.97 Å². The summed E-state index contributed by atoms with van der Waals surface area (Å²) in [6.45, 7) is -0.251. The molecule has 0 aliphatic carbocycles. The summed E-state index contributed by atoms with van der Waals surface area (Å²) >= 11 is 1.32. The van der Waals surface area contributed by atoms with Crippen molar-refractivity contribution in [2.24, 2.45) is 0 Å². The number of carbonyl (C=O) groups excluding carboxylic acids is 2. The van der Waals surface area contributed by atoms with Crippen LogP contribution in [-0.4, -0.2) is 42.7 Å². The highest BCUT2D eigenvalue weighted by Crippen LogP contribution is 2.36. The molecule has 0 bridgehead atoms. The van der Waals surface area contributed by atoms with Gasteiger partial charge in [0, 0.05) is 6.54 Å². The molecule has 2 heterocycles. The number of hydrogen-bond donors (Lipinski definition) is 1. The minimum atomic E-state index is -3.84. The number of thiazole rings is 1. The first-order chi connectivity index (χ1) is 17.4. The minimum Gasteiger partial charge on any atom is -0.456 e. The van der Waals surface area contributed by atoms with E-state index in [1.54, 1.807) is 18.2 Å². The zero-order valence-electron chi connectivity index (χ0n) is 19.2. The lowest BCUT2D eigenvalue weighted by atomic mass is 9.92. The molecule has 10 heteroatoms. The second kappa shape index (κ2) is 10.2. The quantitative estimate of drug-likeness (QED) is 0.366. The van der Waals surface area contributed by atoms with Gasteiger partial charge < -0.3 is 4.74 Å². The second-order valence-electron chi connectivity index (χ2n) is 8.29. The molecule has 36 heavy (non-hydrogen) atoms. The summed E-state index contributed by atoms with van der Waals surface area (Å²) in [4.78, 5) is 29.7. The van der Waals surface area contributed by atoms with Gasteiger partial charge in [-0.25, -0.2) is 13.4 Å². The Morgan fingerprint density at radius 3 is 2.53 bits per heavy atom. The van der Waals surface area contributed by atoms with Crippen LogP contribution in [0.5, 0.6) is 0 Å². The lowest BCUT2D eigenvalue weighted by Crippen LogP contribution is -2.41. The number of sulfonamides is 1. The third-order valence-electron chi connectivity index (χ3n) is 5.98. The maximum absolute atomic E-state index is 13.4. The van der Waals surface area contributed by atoms with Gasteiger partial charge in [0.05, 0.1) is 27.6 Å². The number of nitrogens with one attached hydrogen (secondary N) is 1. The number of amides is 1. The van der Waals surface area contributed by atoms with Crippen molar-refractivity contribution in [2.45, 2.75) is 23.8 Å². The molecule has 4 aromatic rings. The highest BCUT2D eigenvalue weighted by Gasteiger charge is 2.37. The van der Waals surface area contributed by atoms with E-state index < -0.39 is 34.5 Å². The molecule has 1 unspecified atom stereocenters. The Morgan fingerprint density at radius 2 is 1.72 bits per heavy atom. The largest absolute Gasteiger partial charge is 0.456 e. The zero-order chi connectivity index (χ0) is 25.1. The molecule has 1 atom stereocenters. The Labute approximate surface area is 212 Å². The fourth-order valence-electron chi connectivity index (χ4n) is 4.30. The Morgan fingerprint density at radius 1 is 1.00 bits per heavy atom. The summed E-state index contributed by atoms with van der Waals surface area (Å²) in [5, 5.41) is 3.06. The Balaban J connectivity index is 1.29. The van der Waals surface area contributed by atoms with E-state index in [0.29, 0.717) is 11.6 Å². The van der Waals surface area contributed by atoms with E-state index in [1.807, 2.05) is 48.5 Å². The standard InChI is InChI=1S/C26H23N3O5S2/c30-24(28-26-27-21-12-6-7-13-23(21)35-26)17-34-25(31)16-22-20-11-5-4-8-18(20)14-15-29(22)36(32,33)19-9-2-1-3-10-19/h1-13,22H,14-17H2,(H,27,28,30). The van der Waals surface area contributed by atoms with Gasteiger partial charge in [-0.15, -0.1) is 0 Å². The van der Waals surface area contributed by atoms with Gasteiger partial charge in [0.25, 0.3) is 5.91 Å². The number of aromatic nitrogens is 1. The summed E-state index contributed by atoms with van der Waals surface area (Å²) < 4.78 is 34.4. The first-order valence-electron chi connectivity index (χ1n) is 11.4. The van der Waals surface area contributed by atoms with Crippen LogP contribution in [-0.2, 0) is 30.8 Å². The second-order valence-corrected chi connectivity index (χ2v) is 11.2. The molecule has 0 saturated heterocycles. The summed E-state index contributed by atoms with van der Waals surface area (Å²) in [6, 6.07) is 22.4. The van der Waals surface area contributed by atoms with Gasteiger partial charge in [-0.2, -0.15) is 4.31 Å². The van der Waals surface area contributed by atoms with E-state index in [0.717, 1.165) is 21.3 Å². The van der Waals surface area contributed by atoms with Crippen LogP contribution in [0.25, 0.3) is 10.2 Å². The van der Waals surface area contributed by atoms with Crippen molar-refractivity contribution in [3.63, 3.8) is 0 Å². The number of nitrogens with zero attached hydrogens (tertiary/aromatic N) is 2. The van der Waals surface area contributed by atoms with Crippen molar-refractivity contribution in [3.8, 4) is 0 Å². The molecule has 0 saturated carbocycles. The van der Waals surface area contributed by atoms with Gasteiger partial charge in [0.2, 0.25) is 10.0 Å². The Kier molecular flexibility index (Phi) is 6.82. The van der Waals surface area contributed by atoms with Gasteiger partial charge in [-0.1, -0.05) is 65.9 Å². The molecule has 1 amide bonds. The van der Waals surface area contributed by atoms with Crippen molar-refractivity contribution >= 4 is 48.6 Å². The number of carbonyl (C=O) groups is 2. The predicted octanol–water partition coefficient (Wildman–Crippen LogP) is 4.16. The Bertz CT molecular complexity index is 1490. The van der Waals surface area contributed by atoms with E-state index in [-0.39, 0.29) is 17.9 Å². The number of anilines is 1. The van der Waals surface area contributed by atoms with Crippen LogP contribution in [0.1, 0.15) is 23.6 Å². The molecule has 5 rings (SSSR count). The van der Waals surface area contributed by atoms with Crippen LogP contribution in [0.4, 0.5) is 5.13 Å². The van der Waals surface area contributed by atoms with E-state index in [9.17, 15) is 18.0 Å². The highest BCUT2D eigenvalue weighted by molar-refractivity contribution is 7.89. The molecular formula is C26H23N3O5S2. The van der Waals surface area contributed by atoms with Gasteiger partial charge in [-0.3, -0.25) is 14.9 Å². The number of fused-ring (bicyclic) bond motifs is 2. The minimum absolute atomic E-state index is 0.165. The molecule has 184 valence electrons. The van der Waals surface area contributed by atoms with Crippen LogP contribution >= 0.6 is 11.3 Å². The summed E-state index contributed by atoms with van der Waals surface area (Å²) in [7, 11) is -3.84. The highest BCUT2D eigenvalue weighted by atomic mass is 32.2. The first-order valence-corrected chi connectivity index (χ1v) is 13.6. The molecule has 1 aliphatic heterocycles. The Hall–Kier alpha value is -3.60. The van der Waals surface area contributed by atoms with Crippen LogP contribution in [0.15, 0.2) is 83.8 Å². The summed E-state index contributed by atoms with van der Waals surface area (Å²) in [5.74, 6) is -1.18. The maximum Gasteiger partial charge on any atom is 0.308 e. The molecule has 1 N–H and O–H groups in total. The monoisotopic (exact) mass is 521 g/mol. The molecule has 0 fully saturated rings. The molecule has 0 radical (unpaired) electrons. The maximum atomic E-state index is 13.4. The fourth-order valence-corrected chi connectivity index (χ4v) is 6.81. The lowest BCUT2D eigenvalue weighted by Gasteiger charge is -2.36. The number of rotatable bonds is 7. The summed E-state index contributed by atoms with van der Waals surface area (Å²) in [5.41, 5.74) is 2.52. The molecule has 1 aliphatic rings. The van der Waals surface area contributed by atoms with Crippen LogP contribution in [0, 0.1) is 0 Å². The number of para-hydroxylation sites is 1. The molecule has 0 spiro atoms. The average Bonchev–Trinajstić information content (AvgIpc) is 3.30. The fraction of sp³-hybridized carbons (Fsp3) is 0.192. The molecular weight excluding hydrogens is 498 g/mol. The lowest BCUT2D eigenvalue weighted by molar-refractivity contribution is -0.148. The van der Waals surface area contributed by atoms with Crippen molar-refractivity contribution < 1.29 is 22.7 Å². The SMILES string of the molecule is O=C(COC(=O)CC1c2ccccc2CCN1S(=O)(=O)c1ccccc1)Nc1nc2ccccc2s1. The molecule has 1 aromatic heterocycles. The van der Waals surface area contributed by atoms with Crippen molar-refractivity contribution in [1.82, 2.24) is 9.29 Å². The number of benzene rings is 3. The van der Waals surface area contributed by atoms with Crippen LogP contribution in [0.2, 0.25) is 0 Å². The number of esters is 1. The van der Waals surface area contributed by atoms with Crippen molar-refractivity contribution in [3.05, 3.63) is 90.0 Å². The molecule has 8 nitrogen and oxygen atoms in total. The van der Waals surface area contributed by atoms with E-state index in [1.165, 1.54) is 27.8 Å². The van der Waals surface area contributed by atoms with Gasteiger partial charge in [-0.05, 0) is 41.8 Å². The third kappa shape index (κ3) is 5.01. The average molecular weight is 522 g/mol. The zero-order valence-corrected chi connectivity index (χ0v) is 20.8. The van der Waals surface area contributed by atoms with Crippen molar-refractivity contribution in [1.29, 1.82) is 0 Å². The topological polar surface area (TPSA) is 106 Å². The van der Waals surface area contributed by atoms with Crippen LogP contribution < -0.4 is 5.32 Å². The molecule has 3 aromatic carbocycles. The van der Waals surface area contributed by atoms with Crippen LogP contribution in [0.3, 0.4) is 0 Å². The van der Waals surface area contributed by atoms with E-state index in [2.05, 4.69) is 10.3 Å². The van der Waals surface area contributed by atoms with E-state index >= 15 is 0 Å². The van der Waals surface area contributed by atoms with E-state index in [4.69, 9.17) is 4.74 Å². The normalized spacial score (nSPS) is 15.8. The third-order valence-corrected chi connectivity index (χ3v) is 8.85. The first kappa shape index (κ1) is 24.1. The number of ether oxygens (including phenoxy) is 1. The summed E-state index contributed by atoms with van der Waals surface area (Å²) in [6.07, 6.45) is 0.329. The smallest absolute Gasteiger partial charge is 0.308 e. The predicted molar refractivity (Wildman–Crippen MR) is 137 cm³/mol.